The molecule has 0 unspecified atom stereocenters. The van der Waals surface area contributed by atoms with E-state index in [0.717, 1.165) is 30.8 Å². The van der Waals surface area contributed by atoms with Crippen molar-refractivity contribution in [1.29, 1.82) is 0 Å². The van der Waals surface area contributed by atoms with Gasteiger partial charge in [0.25, 0.3) is 11.8 Å². The number of rotatable bonds is 8. The number of aromatic nitrogens is 2. The molecule has 3 rings (SSSR count). The predicted octanol–water partition coefficient (Wildman–Crippen LogP) is 4.76. The maximum Gasteiger partial charge on any atom is 0.257 e. The number of hydrogen-bond acceptors (Lipinski definition) is 4. The third-order valence-corrected chi connectivity index (χ3v) is 5.25. The van der Waals surface area contributed by atoms with Crippen LogP contribution in [-0.4, -0.2) is 27.5 Å². The molecule has 3 amide bonds. The van der Waals surface area contributed by atoms with E-state index in [1.54, 1.807) is 48.5 Å². The van der Waals surface area contributed by atoms with E-state index in [1.807, 2.05) is 18.5 Å². The van der Waals surface area contributed by atoms with Crippen LogP contribution < -0.4 is 16.0 Å². The largest absolute Gasteiger partial charge is 0.326 e. The third-order valence-electron chi connectivity index (χ3n) is 5.25. The summed E-state index contributed by atoms with van der Waals surface area (Å²) in [5.74, 6) is -1.05. The van der Waals surface area contributed by atoms with Gasteiger partial charge in [-0.05, 0) is 44.5 Å². The molecule has 8 heteroatoms. The summed E-state index contributed by atoms with van der Waals surface area (Å²) < 4.78 is 1.90. The number of carbonyl (C=O) groups excluding carboxylic acids is 3. The summed E-state index contributed by atoms with van der Waals surface area (Å²) in [7, 11) is 0. The molecule has 1 heterocycles. The maximum absolute atomic E-state index is 13.1. The number of anilines is 3. The molecule has 0 aliphatic rings. The topological polar surface area (TPSA) is 105 Å². The first kappa shape index (κ1) is 23.7. The van der Waals surface area contributed by atoms with E-state index in [1.165, 1.54) is 6.92 Å². The van der Waals surface area contributed by atoms with E-state index in [4.69, 9.17) is 0 Å². The van der Waals surface area contributed by atoms with E-state index >= 15 is 0 Å². The van der Waals surface area contributed by atoms with Crippen LogP contribution in [0.5, 0.6) is 0 Å². The highest BCUT2D eigenvalue weighted by atomic mass is 16.2. The summed E-state index contributed by atoms with van der Waals surface area (Å²) in [4.78, 5) is 37.6. The minimum absolute atomic E-state index is 0.278. The highest BCUT2D eigenvalue weighted by Gasteiger charge is 2.19. The van der Waals surface area contributed by atoms with Crippen LogP contribution in [0.3, 0.4) is 0 Å². The third kappa shape index (κ3) is 5.65. The summed E-state index contributed by atoms with van der Waals surface area (Å²) >= 11 is 0. The maximum atomic E-state index is 13.1. The van der Waals surface area contributed by atoms with E-state index in [-0.39, 0.29) is 11.8 Å². The van der Waals surface area contributed by atoms with Gasteiger partial charge in [-0.3, -0.25) is 19.1 Å². The number of aryl methyl sites for hydroxylation is 2. The Kier molecular flexibility index (Phi) is 7.61. The molecule has 0 spiro atoms. The Morgan fingerprint density at radius 1 is 0.848 bits per heavy atom. The lowest BCUT2D eigenvalue weighted by Gasteiger charge is -2.14. The van der Waals surface area contributed by atoms with Crippen molar-refractivity contribution in [2.45, 2.75) is 47.1 Å². The molecule has 2 aromatic carbocycles. The van der Waals surface area contributed by atoms with Crippen molar-refractivity contribution in [2.75, 3.05) is 16.0 Å². The highest BCUT2D eigenvalue weighted by Crippen LogP contribution is 2.24. The van der Waals surface area contributed by atoms with Gasteiger partial charge in [0.2, 0.25) is 5.91 Å². The predicted molar refractivity (Wildman–Crippen MR) is 130 cm³/mol. The van der Waals surface area contributed by atoms with E-state index in [2.05, 4.69) is 28.0 Å². The Bertz CT molecular complexity index is 1180. The molecule has 8 nitrogen and oxygen atoms in total. The average molecular weight is 448 g/mol. The number of benzene rings is 2. The number of hydrogen-bond donors (Lipinski definition) is 3. The van der Waals surface area contributed by atoms with Gasteiger partial charge in [0.15, 0.2) is 0 Å². The fourth-order valence-electron chi connectivity index (χ4n) is 3.54. The molecule has 0 saturated carbocycles. The average Bonchev–Trinajstić information content (AvgIpc) is 3.05. The van der Waals surface area contributed by atoms with Crippen molar-refractivity contribution >= 4 is 34.8 Å². The second kappa shape index (κ2) is 10.6. The summed E-state index contributed by atoms with van der Waals surface area (Å²) in [6.07, 6.45) is 2.06. The highest BCUT2D eigenvalue weighted by molar-refractivity contribution is 6.14. The van der Waals surface area contributed by atoms with Crippen LogP contribution in [0.15, 0.2) is 48.5 Å². The summed E-state index contributed by atoms with van der Waals surface area (Å²) in [5, 5.41) is 12.9. The van der Waals surface area contributed by atoms with Crippen molar-refractivity contribution in [3.8, 4) is 0 Å². The molecule has 0 aliphatic heterocycles. The Hall–Kier alpha value is -3.94. The number of amides is 3. The van der Waals surface area contributed by atoms with Crippen LogP contribution in [0.25, 0.3) is 0 Å². The summed E-state index contributed by atoms with van der Waals surface area (Å²) in [5.41, 5.74) is 3.69. The molecular formula is C25H29N5O3. The van der Waals surface area contributed by atoms with Crippen LogP contribution in [-0.2, 0) is 11.3 Å². The van der Waals surface area contributed by atoms with Crippen LogP contribution >= 0.6 is 0 Å². The summed E-state index contributed by atoms with van der Waals surface area (Å²) in [6.45, 7) is 8.08. The number of carbonyl (C=O) groups is 3. The summed E-state index contributed by atoms with van der Waals surface area (Å²) in [6, 6.07) is 13.5. The minimum atomic E-state index is -0.431. The molecule has 33 heavy (non-hydrogen) atoms. The monoisotopic (exact) mass is 447 g/mol. The van der Waals surface area contributed by atoms with Crippen LogP contribution in [0, 0.1) is 13.8 Å². The lowest BCUT2D eigenvalue weighted by atomic mass is 10.1. The molecule has 0 saturated heterocycles. The van der Waals surface area contributed by atoms with Gasteiger partial charge < -0.3 is 16.0 Å². The molecule has 0 bridgehead atoms. The zero-order valence-corrected chi connectivity index (χ0v) is 19.4. The Labute approximate surface area is 193 Å². The lowest BCUT2D eigenvalue weighted by molar-refractivity contribution is -0.114. The van der Waals surface area contributed by atoms with Crippen molar-refractivity contribution < 1.29 is 14.4 Å². The van der Waals surface area contributed by atoms with Gasteiger partial charge in [0, 0.05) is 13.5 Å². The second-order valence-electron chi connectivity index (χ2n) is 7.80. The molecule has 1 aromatic heterocycles. The van der Waals surface area contributed by atoms with Crippen molar-refractivity contribution in [3.05, 3.63) is 71.0 Å². The van der Waals surface area contributed by atoms with E-state index in [0.29, 0.717) is 28.2 Å². The Balaban J connectivity index is 1.83. The molecule has 0 aliphatic carbocycles. The fourth-order valence-corrected chi connectivity index (χ4v) is 3.54. The van der Waals surface area contributed by atoms with Gasteiger partial charge >= 0.3 is 0 Å². The molecule has 3 N–H and O–H groups in total. The van der Waals surface area contributed by atoms with Crippen molar-refractivity contribution in [3.63, 3.8) is 0 Å². The molecule has 172 valence electrons. The second-order valence-corrected chi connectivity index (χ2v) is 7.80. The molecule has 0 fully saturated rings. The number of nitrogens with zero attached hydrogens (tertiary/aromatic N) is 2. The van der Waals surface area contributed by atoms with Crippen LogP contribution in [0.2, 0.25) is 0 Å². The normalized spacial score (nSPS) is 10.5. The molecular weight excluding hydrogens is 418 g/mol. The number of unbranched alkanes of at least 4 members (excludes halogenated alkanes) is 1. The fraction of sp³-hybridized carbons (Fsp3) is 0.280. The van der Waals surface area contributed by atoms with Crippen molar-refractivity contribution in [2.24, 2.45) is 0 Å². The number of para-hydroxylation sites is 2. The first-order chi connectivity index (χ1) is 15.8. The van der Waals surface area contributed by atoms with Gasteiger partial charge in [-0.2, -0.15) is 5.10 Å². The molecule has 0 atom stereocenters. The van der Waals surface area contributed by atoms with Gasteiger partial charge in [-0.1, -0.05) is 37.6 Å². The first-order valence-electron chi connectivity index (χ1n) is 10.9. The molecule has 3 aromatic rings. The Morgan fingerprint density at radius 2 is 1.39 bits per heavy atom. The quantitative estimate of drug-likeness (QED) is 0.463. The van der Waals surface area contributed by atoms with Gasteiger partial charge in [-0.25, -0.2) is 0 Å². The molecule has 0 radical (unpaired) electrons. The standard InChI is InChI=1S/C25H29N5O3/c1-5-6-15-30-17(3)23(16(2)29-30)28-25(33)20-12-8-10-14-22(20)27-24(32)19-11-7-9-13-21(19)26-18(4)31/h7-14H,5-6,15H2,1-4H3,(H,26,31)(H,27,32)(H,28,33). The van der Waals surface area contributed by atoms with Gasteiger partial charge in [0.05, 0.1) is 39.6 Å². The van der Waals surface area contributed by atoms with Crippen LogP contribution in [0.4, 0.5) is 17.1 Å². The van der Waals surface area contributed by atoms with Crippen molar-refractivity contribution in [1.82, 2.24) is 9.78 Å². The zero-order chi connectivity index (χ0) is 24.0. The SMILES string of the molecule is CCCCn1nc(C)c(NC(=O)c2ccccc2NC(=O)c2ccccc2NC(C)=O)c1C. The first-order valence-corrected chi connectivity index (χ1v) is 10.9. The van der Waals surface area contributed by atoms with Gasteiger partial charge in [0.1, 0.15) is 0 Å². The Morgan fingerprint density at radius 3 is 1.97 bits per heavy atom. The minimum Gasteiger partial charge on any atom is -0.326 e. The van der Waals surface area contributed by atoms with Crippen LogP contribution in [0.1, 0.15) is 58.8 Å². The van der Waals surface area contributed by atoms with E-state index < -0.39 is 5.91 Å². The van der Waals surface area contributed by atoms with Gasteiger partial charge in [-0.15, -0.1) is 0 Å². The lowest BCUT2D eigenvalue weighted by Crippen LogP contribution is -2.20. The van der Waals surface area contributed by atoms with E-state index in [9.17, 15) is 14.4 Å². The zero-order valence-electron chi connectivity index (χ0n) is 19.4. The smallest absolute Gasteiger partial charge is 0.257 e. The number of nitrogens with one attached hydrogen (secondary N) is 3.